The minimum atomic E-state index is -0.303. The summed E-state index contributed by atoms with van der Waals surface area (Å²) in [5.74, 6) is 4.84. The van der Waals surface area contributed by atoms with Crippen molar-refractivity contribution in [2.45, 2.75) is 0 Å². The molecule has 1 heterocycles. The largest absolute Gasteiger partial charge is 0.290 e. The molecule has 0 fully saturated rings. The molecule has 0 aliphatic rings. The molecule has 3 aromatic rings. The van der Waals surface area contributed by atoms with Gasteiger partial charge >= 0.3 is 0 Å². The number of carbonyl (C=O) groups is 1. The topological polar surface area (TPSA) is 68.0 Å². The van der Waals surface area contributed by atoms with E-state index in [-0.39, 0.29) is 5.91 Å². The van der Waals surface area contributed by atoms with Crippen LogP contribution in [0.5, 0.6) is 0 Å². The number of hydrazine groups is 1. The summed E-state index contributed by atoms with van der Waals surface area (Å²) in [6, 6.07) is 13.3. The Hall–Kier alpha value is -1.76. The number of benzene rings is 2. The van der Waals surface area contributed by atoms with Crippen LogP contribution in [0.15, 0.2) is 46.9 Å². The van der Waals surface area contributed by atoms with Crippen molar-refractivity contribution in [2.24, 2.45) is 5.84 Å². The molecule has 1 aromatic heterocycles. The summed E-state index contributed by atoms with van der Waals surface area (Å²) < 4.78 is 1.95. The van der Waals surface area contributed by atoms with Gasteiger partial charge < -0.3 is 0 Å². The van der Waals surface area contributed by atoms with E-state index in [2.05, 4.69) is 26.3 Å². The van der Waals surface area contributed by atoms with Crippen molar-refractivity contribution in [2.75, 3.05) is 0 Å². The number of hydrogen-bond acceptors (Lipinski definition) is 4. The Morgan fingerprint density at radius 2 is 2.05 bits per heavy atom. The number of nitrogens with two attached hydrogens (primary N) is 1. The van der Waals surface area contributed by atoms with Gasteiger partial charge in [0, 0.05) is 15.6 Å². The molecule has 0 saturated heterocycles. The third-order valence-corrected chi connectivity index (χ3v) is 4.63. The fourth-order valence-corrected chi connectivity index (χ4v) is 3.55. The predicted molar refractivity (Wildman–Crippen MR) is 84.4 cm³/mol. The molecular weight excluding hydrogens is 338 g/mol. The smallest absolute Gasteiger partial charge is 0.265 e. The van der Waals surface area contributed by atoms with Gasteiger partial charge in [-0.3, -0.25) is 10.2 Å². The Morgan fingerprint density at radius 3 is 2.80 bits per heavy atom. The highest BCUT2D eigenvalue weighted by Crippen LogP contribution is 2.34. The molecule has 20 heavy (non-hydrogen) atoms. The number of amides is 1. The normalized spacial score (nSPS) is 10.7. The highest BCUT2D eigenvalue weighted by atomic mass is 79.9. The van der Waals surface area contributed by atoms with Gasteiger partial charge in [-0.1, -0.05) is 34.1 Å². The van der Waals surface area contributed by atoms with Crippen LogP contribution in [-0.2, 0) is 0 Å². The molecule has 4 nitrogen and oxygen atoms in total. The van der Waals surface area contributed by atoms with Crippen molar-refractivity contribution in [1.82, 2.24) is 10.4 Å². The number of nitrogens with one attached hydrogen (secondary N) is 1. The first kappa shape index (κ1) is 13.2. The first-order chi connectivity index (χ1) is 9.69. The van der Waals surface area contributed by atoms with Gasteiger partial charge in [0.25, 0.3) is 5.91 Å². The predicted octanol–water partition coefficient (Wildman–Crippen LogP) is 3.33. The van der Waals surface area contributed by atoms with Gasteiger partial charge in [-0.25, -0.2) is 10.8 Å². The molecule has 0 saturated carbocycles. The van der Waals surface area contributed by atoms with Gasteiger partial charge in [0.2, 0.25) is 0 Å². The summed E-state index contributed by atoms with van der Waals surface area (Å²) in [5, 5.41) is 0.915. The van der Waals surface area contributed by atoms with Crippen LogP contribution in [0.3, 0.4) is 0 Å². The van der Waals surface area contributed by atoms with Crippen LogP contribution < -0.4 is 11.3 Å². The standard InChI is InChI=1S/C14H10BrN3OS/c15-10-4-2-1-3-9(10)14-17-11-6-5-8(13(19)18-16)7-12(11)20-14/h1-7H,16H2,(H,18,19). The summed E-state index contributed by atoms with van der Waals surface area (Å²) in [7, 11) is 0. The molecule has 0 spiro atoms. The van der Waals surface area contributed by atoms with E-state index in [1.807, 2.05) is 30.3 Å². The minimum Gasteiger partial charge on any atom is -0.290 e. The maximum atomic E-state index is 11.5. The van der Waals surface area contributed by atoms with Crippen molar-refractivity contribution in [3.63, 3.8) is 0 Å². The zero-order valence-electron chi connectivity index (χ0n) is 10.3. The second-order valence-corrected chi connectivity index (χ2v) is 6.04. The molecule has 0 unspecified atom stereocenters. The minimum absolute atomic E-state index is 0.303. The molecule has 3 rings (SSSR count). The van der Waals surface area contributed by atoms with E-state index in [4.69, 9.17) is 5.84 Å². The highest BCUT2D eigenvalue weighted by Gasteiger charge is 2.11. The van der Waals surface area contributed by atoms with E-state index in [0.717, 1.165) is 25.3 Å². The van der Waals surface area contributed by atoms with Crippen LogP contribution in [0.25, 0.3) is 20.8 Å². The first-order valence-electron chi connectivity index (χ1n) is 5.85. The molecule has 100 valence electrons. The molecule has 0 aliphatic heterocycles. The second-order valence-electron chi connectivity index (χ2n) is 4.15. The van der Waals surface area contributed by atoms with Crippen molar-refractivity contribution in [3.05, 3.63) is 52.5 Å². The molecule has 3 N–H and O–H groups in total. The third-order valence-electron chi connectivity index (χ3n) is 2.89. The summed E-state index contributed by atoms with van der Waals surface area (Å²) in [4.78, 5) is 16.1. The van der Waals surface area contributed by atoms with Gasteiger partial charge in [0.15, 0.2) is 0 Å². The van der Waals surface area contributed by atoms with Crippen LogP contribution >= 0.6 is 27.3 Å². The van der Waals surface area contributed by atoms with Crippen LogP contribution in [0.2, 0.25) is 0 Å². The summed E-state index contributed by atoms with van der Waals surface area (Å²) in [5.41, 5.74) is 4.57. The molecule has 0 radical (unpaired) electrons. The van der Waals surface area contributed by atoms with Gasteiger partial charge in [0.1, 0.15) is 5.01 Å². The van der Waals surface area contributed by atoms with E-state index >= 15 is 0 Å². The fourth-order valence-electron chi connectivity index (χ4n) is 1.90. The Balaban J connectivity index is 2.12. The van der Waals surface area contributed by atoms with E-state index in [9.17, 15) is 4.79 Å². The number of nitrogens with zero attached hydrogens (tertiary/aromatic N) is 1. The lowest BCUT2D eigenvalue weighted by Crippen LogP contribution is -2.29. The van der Waals surface area contributed by atoms with Gasteiger partial charge in [-0.2, -0.15) is 0 Å². The maximum Gasteiger partial charge on any atom is 0.265 e. The number of aromatic nitrogens is 1. The van der Waals surface area contributed by atoms with E-state index < -0.39 is 0 Å². The average molecular weight is 348 g/mol. The van der Waals surface area contributed by atoms with E-state index in [1.165, 1.54) is 0 Å². The monoisotopic (exact) mass is 347 g/mol. The van der Waals surface area contributed by atoms with Gasteiger partial charge in [-0.15, -0.1) is 11.3 Å². The summed E-state index contributed by atoms with van der Waals surface area (Å²) >= 11 is 5.07. The molecule has 0 bridgehead atoms. The lowest BCUT2D eigenvalue weighted by atomic mass is 10.2. The number of carbonyl (C=O) groups excluding carboxylic acids is 1. The van der Waals surface area contributed by atoms with Crippen molar-refractivity contribution < 1.29 is 4.79 Å². The third kappa shape index (κ3) is 2.33. The molecule has 6 heteroatoms. The zero-order chi connectivity index (χ0) is 14.1. The number of hydrogen-bond donors (Lipinski definition) is 2. The Kier molecular flexibility index (Phi) is 3.52. The van der Waals surface area contributed by atoms with E-state index in [1.54, 1.807) is 23.5 Å². The van der Waals surface area contributed by atoms with Gasteiger partial charge in [0.05, 0.1) is 10.2 Å². The summed E-state index contributed by atoms with van der Waals surface area (Å²) in [6.45, 7) is 0. The molecule has 1 amide bonds. The molecule has 0 atom stereocenters. The Bertz CT molecular complexity index is 800. The van der Waals surface area contributed by atoms with Crippen molar-refractivity contribution in [1.29, 1.82) is 0 Å². The lowest BCUT2D eigenvalue weighted by Gasteiger charge is -1.98. The second kappa shape index (κ2) is 5.32. The quantitative estimate of drug-likeness (QED) is 0.424. The van der Waals surface area contributed by atoms with Gasteiger partial charge in [-0.05, 0) is 24.3 Å². The Labute approximate surface area is 127 Å². The fraction of sp³-hybridized carbons (Fsp3) is 0. The zero-order valence-corrected chi connectivity index (χ0v) is 12.7. The molecule has 2 aromatic carbocycles. The van der Waals surface area contributed by atoms with Crippen molar-refractivity contribution >= 4 is 43.4 Å². The van der Waals surface area contributed by atoms with Crippen LogP contribution in [0.4, 0.5) is 0 Å². The molecular formula is C14H10BrN3OS. The SMILES string of the molecule is NNC(=O)c1ccc2nc(-c3ccccc3Br)sc2c1. The van der Waals surface area contributed by atoms with Crippen LogP contribution in [-0.4, -0.2) is 10.9 Å². The summed E-state index contributed by atoms with van der Waals surface area (Å²) in [6.07, 6.45) is 0. The number of nitrogen functional groups attached to an aromatic ring is 1. The number of rotatable bonds is 2. The molecule has 0 aliphatic carbocycles. The van der Waals surface area contributed by atoms with Crippen LogP contribution in [0, 0.1) is 0 Å². The average Bonchev–Trinajstić information content (AvgIpc) is 2.89. The maximum absolute atomic E-state index is 11.5. The number of halogens is 1. The Morgan fingerprint density at radius 1 is 1.25 bits per heavy atom. The van der Waals surface area contributed by atoms with E-state index in [0.29, 0.717) is 5.56 Å². The number of fused-ring (bicyclic) bond motifs is 1. The first-order valence-corrected chi connectivity index (χ1v) is 7.46. The highest BCUT2D eigenvalue weighted by molar-refractivity contribution is 9.10. The number of thiazole rings is 1. The lowest BCUT2D eigenvalue weighted by molar-refractivity contribution is 0.0954. The van der Waals surface area contributed by atoms with Crippen molar-refractivity contribution in [3.8, 4) is 10.6 Å². The van der Waals surface area contributed by atoms with Crippen LogP contribution in [0.1, 0.15) is 10.4 Å².